The largest absolute Gasteiger partial charge is 0.487 e. The van der Waals surface area contributed by atoms with Crippen molar-refractivity contribution in [1.29, 1.82) is 0 Å². The van der Waals surface area contributed by atoms with Gasteiger partial charge in [0, 0.05) is 15.7 Å². The van der Waals surface area contributed by atoms with Crippen LogP contribution in [0.25, 0.3) is 0 Å². The van der Waals surface area contributed by atoms with Gasteiger partial charge < -0.3 is 10.5 Å². The molecule has 0 aliphatic rings. The van der Waals surface area contributed by atoms with Crippen molar-refractivity contribution in [2.75, 3.05) is 5.73 Å². The van der Waals surface area contributed by atoms with Gasteiger partial charge in [-0.05, 0) is 46.6 Å². The maximum absolute atomic E-state index is 6.07. The standard InChI is InChI=1S/C14H13BrClNO/c1-9-5-6-11(16)13(7-9)18-8-10-3-2-4-12(17)14(10)15/h2-7H,8,17H2,1H3. The van der Waals surface area contributed by atoms with E-state index in [-0.39, 0.29) is 0 Å². The second kappa shape index (κ2) is 5.63. The van der Waals surface area contributed by atoms with Gasteiger partial charge in [0.2, 0.25) is 0 Å². The van der Waals surface area contributed by atoms with Crippen molar-refractivity contribution in [3.8, 4) is 5.75 Å². The Hall–Kier alpha value is -1.19. The summed E-state index contributed by atoms with van der Waals surface area (Å²) in [5, 5.41) is 0.612. The lowest BCUT2D eigenvalue weighted by atomic mass is 10.2. The zero-order valence-electron chi connectivity index (χ0n) is 9.91. The molecule has 2 aromatic carbocycles. The molecule has 0 fully saturated rings. The number of ether oxygens (including phenoxy) is 1. The van der Waals surface area contributed by atoms with Gasteiger partial charge in [-0.15, -0.1) is 0 Å². The van der Waals surface area contributed by atoms with Crippen LogP contribution in [-0.4, -0.2) is 0 Å². The molecule has 0 atom stereocenters. The fourth-order valence-electron chi connectivity index (χ4n) is 1.59. The normalized spacial score (nSPS) is 10.4. The van der Waals surface area contributed by atoms with E-state index in [1.54, 1.807) is 0 Å². The van der Waals surface area contributed by atoms with Crippen LogP contribution in [0.5, 0.6) is 5.75 Å². The minimum atomic E-state index is 0.425. The third-order valence-corrected chi connectivity index (χ3v) is 3.86. The predicted molar refractivity (Wildman–Crippen MR) is 79.1 cm³/mol. The van der Waals surface area contributed by atoms with Crippen molar-refractivity contribution < 1.29 is 4.74 Å². The number of nitrogen functional groups attached to an aromatic ring is 1. The minimum absolute atomic E-state index is 0.425. The number of anilines is 1. The number of aryl methyl sites for hydroxylation is 1. The van der Waals surface area contributed by atoms with Crippen molar-refractivity contribution in [2.45, 2.75) is 13.5 Å². The molecular formula is C14H13BrClNO. The van der Waals surface area contributed by atoms with E-state index in [0.717, 1.165) is 15.6 Å². The highest BCUT2D eigenvalue weighted by molar-refractivity contribution is 9.10. The average molecular weight is 327 g/mol. The second-order valence-corrected chi connectivity index (χ2v) is 5.24. The summed E-state index contributed by atoms with van der Waals surface area (Å²) in [5.41, 5.74) is 8.62. The fourth-order valence-corrected chi connectivity index (χ4v) is 2.14. The summed E-state index contributed by atoms with van der Waals surface area (Å²) in [6.07, 6.45) is 0. The van der Waals surface area contributed by atoms with Crippen molar-refractivity contribution in [1.82, 2.24) is 0 Å². The van der Waals surface area contributed by atoms with Crippen LogP contribution in [0.3, 0.4) is 0 Å². The number of benzene rings is 2. The van der Waals surface area contributed by atoms with Crippen molar-refractivity contribution in [2.24, 2.45) is 0 Å². The zero-order valence-corrected chi connectivity index (χ0v) is 12.3. The molecule has 4 heteroatoms. The molecule has 0 saturated carbocycles. The highest BCUT2D eigenvalue weighted by Crippen LogP contribution is 2.28. The first kappa shape index (κ1) is 13.2. The molecule has 0 unspecified atom stereocenters. The summed E-state index contributed by atoms with van der Waals surface area (Å²) in [5.74, 6) is 0.686. The molecule has 0 aliphatic carbocycles. The molecule has 0 aromatic heterocycles. The quantitative estimate of drug-likeness (QED) is 0.838. The third kappa shape index (κ3) is 2.98. The van der Waals surface area contributed by atoms with E-state index >= 15 is 0 Å². The molecule has 94 valence electrons. The van der Waals surface area contributed by atoms with Crippen LogP contribution < -0.4 is 10.5 Å². The Morgan fingerprint density at radius 1 is 1.28 bits per heavy atom. The van der Waals surface area contributed by atoms with E-state index in [1.807, 2.05) is 43.3 Å². The van der Waals surface area contributed by atoms with Crippen LogP contribution >= 0.6 is 27.5 Å². The summed E-state index contributed by atoms with van der Waals surface area (Å²) in [6.45, 7) is 2.43. The van der Waals surface area contributed by atoms with Crippen LogP contribution in [0.4, 0.5) is 5.69 Å². The van der Waals surface area contributed by atoms with Gasteiger partial charge in [-0.2, -0.15) is 0 Å². The van der Waals surface area contributed by atoms with Gasteiger partial charge in [-0.25, -0.2) is 0 Å². The molecular weight excluding hydrogens is 314 g/mol. The Labute approximate surface area is 120 Å². The van der Waals surface area contributed by atoms with Crippen molar-refractivity contribution in [3.63, 3.8) is 0 Å². The first-order valence-corrected chi connectivity index (χ1v) is 6.67. The molecule has 2 N–H and O–H groups in total. The summed E-state index contributed by atoms with van der Waals surface area (Å²) >= 11 is 9.52. The SMILES string of the molecule is Cc1ccc(Cl)c(OCc2cccc(N)c2Br)c1. The Balaban J connectivity index is 2.16. The van der Waals surface area contributed by atoms with Crippen LogP contribution in [0.15, 0.2) is 40.9 Å². The molecule has 0 spiro atoms. The van der Waals surface area contributed by atoms with E-state index in [1.165, 1.54) is 0 Å². The van der Waals surface area contributed by atoms with Crippen molar-refractivity contribution in [3.05, 3.63) is 57.0 Å². The Bertz CT molecular complexity index is 570. The number of hydrogen-bond acceptors (Lipinski definition) is 2. The molecule has 0 heterocycles. The maximum Gasteiger partial charge on any atom is 0.138 e. The molecule has 2 rings (SSSR count). The summed E-state index contributed by atoms with van der Waals surface area (Å²) < 4.78 is 6.59. The van der Waals surface area contributed by atoms with E-state index in [9.17, 15) is 0 Å². The first-order valence-electron chi connectivity index (χ1n) is 5.50. The Morgan fingerprint density at radius 2 is 2.06 bits per heavy atom. The average Bonchev–Trinajstić information content (AvgIpc) is 2.35. The lowest BCUT2D eigenvalue weighted by molar-refractivity contribution is 0.305. The molecule has 2 nitrogen and oxygen atoms in total. The van der Waals surface area contributed by atoms with Crippen molar-refractivity contribution >= 4 is 33.2 Å². The number of hydrogen-bond donors (Lipinski definition) is 1. The van der Waals surface area contributed by atoms with Gasteiger partial charge in [0.15, 0.2) is 0 Å². The van der Waals surface area contributed by atoms with Crippen LogP contribution in [0.2, 0.25) is 5.02 Å². The molecule has 2 aromatic rings. The van der Waals surface area contributed by atoms with Gasteiger partial charge in [-0.1, -0.05) is 29.8 Å². The number of rotatable bonds is 3. The Kier molecular flexibility index (Phi) is 4.15. The topological polar surface area (TPSA) is 35.2 Å². The lowest BCUT2D eigenvalue weighted by Gasteiger charge is -2.11. The second-order valence-electron chi connectivity index (χ2n) is 4.04. The highest BCUT2D eigenvalue weighted by atomic mass is 79.9. The van der Waals surface area contributed by atoms with Crippen LogP contribution in [0.1, 0.15) is 11.1 Å². The number of halogens is 2. The van der Waals surface area contributed by atoms with Gasteiger partial charge in [0.25, 0.3) is 0 Å². The predicted octanol–water partition coefficient (Wildman–Crippen LogP) is 4.57. The zero-order chi connectivity index (χ0) is 13.1. The smallest absolute Gasteiger partial charge is 0.138 e. The number of nitrogens with two attached hydrogens (primary N) is 1. The molecule has 0 aliphatic heterocycles. The first-order chi connectivity index (χ1) is 8.58. The fraction of sp³-hybridized carbons (Fsp3) is 0.143. The van der Waals surface area contributed by atoms with E-state index < -0.39 is 0 Å². The molecule has 0 saturated heterocycles. The lowest BCUT2D eigenvalue weighted by Crippen LogP contribution is -1.99. The maximum atomic E-state index is 6.07. The summed E-state index contributed by atoms with van der Waals surface area (Å²) in [4.78, 5) is 0. The summed E-state index contributed by atoms with van der Waals surface area (Å²) in [7, 11) is 0. The van der Waals surface area contributed by atoms with Gasteiger partial charge in [0.1, 0.15) is 12.4 Å². The van der Waals surface area contributed by atoms with Gasteiger partial charge in [0.05, 0.1) is 5.02 Å². The summed E-state index contributed by atoms with van der Waals surface area (Å²) in [6, 6.07) is 11.4. The van der Waals surface area contributed by atoms with Crippen LogP contribution in [0, 0.1) is 6.92 Å². The Morgan fingerprint density at radius 3 is 2.83 bits per heavy atom. The van der Waals surface area contributed by atoms with E-state index in [2.05, 4.69) is 15.9 Å². The molecule has 18 heavy (non-hydrogen) atoms. The van der Waals surface area contributed by atoms with E-state index in [0.29, 0.717) is 23.1 Å². The third-order valence-electron chi connectivity index (χ3n) is 2.58. The van der Waals surface area contributed by atoms with Crippen LogP contribution in [-0.2, 0) is 6.61 Å². The molecule has 0 amide bonds. The minimum Gasteiger partial charge on any atom is -0.487 e. The highest BCUT2D eigenvalue weighted by Gasteiger charge is 2.06. The molecule has 0 radical (unpaired) electrons. The monoisotopic (exact) mass is 325 g/mol. The van der Waals surface area contributed by atoms with E-state index in [4.69, 9.17) is 22.1 Å². The van der Waals surface area contributed by atoms with Gasteiger partial charge >= 0.3 is 0 Å². The van der Waals surface area contributed by atoms with Gasteiger partial charge in [-0.3, -0.25) is 0 Å². The molecule has 0 bridgehead atoms.